The average molecular weight is 1090 g/mol. The second-order valence-corrected chi connectivity index (χ2v) is 32.2. The van der Waals surface area contributed by atoms with Crippen LogP contribution in [0.2, 0.25) is 0 Å². The van der Waals surface area contributed by atoms with Gasteiger partial charge in [0.25, 0.3) is 0 Å². The van der Waals surface area contributed by atoms with E-state index in [1.807, 2.05) is 0 Å². The van der Waals surface area contributed by atoms with Crippen LogP contribution in [0.3, 0.4) is 0 Å². The average Bonchev–Trinajstić information content (AvgIpc) is 3.26. The van der Waals surface area contributed by atoms with Crippen LogP contribution in [0.1, 0.15) is 236 Å². The number of carbonyl (C=O) groups is 2. The van der Waals surface area contributed by atoms with E-state index in [2.05, 4.69) is 230 Å². The summed E-state index contributed by atoms with van der Waals surface area (Å²) in [5.41, 5.74) is -1.40. The van der Waals surface area contributed by atoms with Crippen LogP contribution in [0.15, 0.2) is 0 Å². The summed E-state index contributed by atoms with van der Waals surface area (Å²) < 4.78 is 0. The summed E-state index contributed by atoms with van der Waals surface area (Å²) in [4.78, 5) is 71.6. The Morgan fingerprint density at radius 1 is 0.372 bits per heavy atom. The molecule has 6 heterocycles. The van der Waals surface area contributed by atoms with E-state index in [0.717, 1.165) is 83.6 Å². The lowest BCUT2D eigenvalue weighted by atomic mass is 9.76. The molecule has 1 aromatic heterocycles. The zero-order valence-electron chi connectivity index (χ0n) is 55.6. The Morgan fingerprint density at radius 3 is 0.769 bits per heavy atom. The van der Waals surface area contributed by atoms with Gasteiger partial charge < -0.3 is 24.5 Å². The van der Waals surface area contributed by atoms with Gasteiger partial charge in [-0.3, -0.25) is 34.1 Å². The molecular weight excluding hydrogens is 971 g/mol. The zero-order chi connectivity index (χ0) is 59.3. The molecule has 0 spiro atoms. The Kier molecular flexibility index (Phi) is 17.9. The number of nitrogens with zero attached hydrogens (tertiary/aromatic N) is 13. The van der Waals surface area contributed by atoms with Gasteiger partial charge in [-0.1, -0.05) is 13.3 Å². The first-order valence-electron chi connectivity index (χ1n) is 30.5. The summed E-state index contributed by atoms with van der Waals surface area (Å²) in [7, 11) is 11.3. The Labute approximate surface area is 478 Å². The number of aromatic nitrogens is 3. The minimum Gasteiger partial charge on any atom is -0.338 e. The maximum atomic E-state index is 14.7. The van der Waals surface area contributed by atoms with Gasteiger partial charge >= 0.3 is 0 Å². The van der Waals surface area contributed by atoms with Gasteiger partial charge in [0.15, 0.2) is 0 Å². The van der Waals surface area contributed by atoms with Gasteiger partial charge in [-0.2, -0.15) is 15.0 Å². The van der Waals surface area contributed by atoms with Gasteiger partial charge in [-0.15, -0.1) is 0 Å². The third-order valence-electron chi connectivity index (χ3n) is 22.2. The Morgan fingerprint density at radius 2 is 0.564 bits per heavy atom. The number of hydrogen-bond acceptors (Lipinski definition) is 13. The highest BCUT2D eigenvalue weighted by Gasteiger charge is 2.52. The third kappa shape index (κ3) is 13.0. The molecule has 5 aliphatic heterocycles. The first-order chi connectivity index (χ1) is 35.2. The number of carbonyl (C=O) groups excluding carboxylic acids is 2. The first kappa shape index (κ1) is 64.3. The van der Waals surface area contributed by atoms with Crippen molar-refractivity contribution in [3.05, 3.63) is 0 Å². The van der Waals surface area contributed by atoms with E-state index in [4.69, 9.17) is 15.0 Å². The molecule has 0 unspecified atom stereocenters. The summed E-state index contributed by atoms with van der Waals surface area (Å²) in [6.45, 7) is 54.5. The van der Waals surface area contributed by atoms with E-state index in [-0.39, 0.29) is 97.4 Å². The molecule has 15 nitrogen and oxygen atoms in total. The summed E-state index contributed by atoms with van der Waals surface area (Å²) in [5.74, 6) is 2.08. The van der Waals surface area contributed by atoms with Crippen molar-refractivity contribution in [3.63, 3.8) is 0 Å². The van der Waals surface area contributed by atoms with E-state index in [0.29, 0.717) is 31.2 Å². The first-order valence-corrected chi connectivity index (χ1v) is 30.5. The molecule has 0 bridgehead atoms. The number of rotatable bonds is 15. The fourth-order valence-corrected chi connectivity index (χ4v) is 16.2. The molecule has 0 radical (unpaired) electrons. The van der Waals surface area contributed by atoms with Crippen LogP contribution in [-0.4, -0.2) is 202 Å². The maximum Gasteiger partial charge on any atom is 0.233 e. The summed E-state index contributed by atoms with van der Waals surface area (Å²) in [5, 5.41) is 0. The molecule has 0 N–H and O–H groups in total. The zero-order valence-corrected chi connectivity index (χ0v) is 55.6. The second-order valence-electron chi connectivity index (χ2n) is 32.2. The number of likely N-dealkylation sites (tertiary alicyclic amines) is 5. The monoisotopic (exact) mass is 1090 g/mol. The predicted molar refractivity (Wildman–Crippen MR) is 327 cm³/mol. The van der Waals surface area contributed by atoms with Crippen LogP contribution in [0.5, 0.6) is 0 Å². The second kappa shape index (κ2) is 21.7. The molecule has 448 valence electrons. The van der Waals surface area contributed by atoms with Crippen molar-refractivity contribution in [1.29, 1.82) is 0 Å². The Hall–Kier alpha value is -2.85. The van der Waals surface area contributed by atoms with Crippen LogP contribution >= 0.6 is 0 Å². The fourth-order valence-electron chi connectivity index (χ4n) is 16.2. The van der Waals surface area contributed by atoms with Crippen molar-refractivity contribution in [2.24, 2.45) is 0 Å². The van der Waals surface area contributed by atoms with Crippen molar-refractivity contribution < 1.29 is 9.59 Å². The molecule has 1 aromatic rings. The van der Waals surface area contributed by atoms with Crippen molar-refractivity contribution >= 4 is 29.7 Å². The SMILES string of the molecule is CCCCN(c1nc(N(CN(C(C)=O)C2CC(C)(C)N(C)C(C)(C)C2)C2CC(C)(C)N(C)C(C)(C)C2)nc(N(CN(C(C)=O)C2CC(C)(C)N(C)C(C)(C)C2)C2CC(C)(C)N(C)C(C)(C)C2)n1)C1CC(C)(C)N(C)C(C)(C)C1. The Balaban J connectivity index is 1.69. The van der Waals surface area contributed by atoms with Crippen molar-refractivity contribution in [3.8, 4) is 0 Å². The van der Waals surface area contributed by atoms with Crippen molar-refractivity contribution in [2.75, 3.05) is 69.8 Å². The predicted octanol–water partition coefficient (Wildman–Crippen LogP) is 11.0. The third-order valence-corrected chi connectivity index (χ3v) is 22.2. The number of hydrogen-bond donors (Lipinski definition) is 0. The molecule has 5 fully saturated rings. The van der Waals surface area contributed by atoms with E-state index < -0.39 is 0 Å². The van der Waals surface area contributed by atoms with Gasteiger partial charge in [0.2, 0.25) is 29.7 Å². The molecule has 5 aliphatic rings. The topological polar surface area (TPSA) is 105 Å². The quantitative estimate of drug-likeness (QED) is 0.156. The lowest BCUT2D eigenvalue weighted by Gasteiger charge is -2.58. The lowest BCUT2D eigenvalue weighted by molar-refractivity contribution is -0.137. The lowest BCUT2D eigenvalue weighted by Crippen LogP contribution is -2.66. The van der Waals surface area contributed by atoms with Crippen LogP contribution in [-0.2, 0) is 9.59 Å². The molecule has 0 aliphatic carbocycles. The minimum absolute atomic E-state index is 0.00337. The Bertz CT molecular complexity index is 2070. The summed E-state index contributed by atoms with van der Waals surface area (Å²) in [6, 6.07) is 0.120. The highest BCUT2D eigenvalue weighted by Crippen LogP contribution is 2.47. The standard InChI is InChI=1S/C63H119N13O2/c1-29-30-31-72(46-32-54(4,5)67(24)55(6,7)33-46)51-64-52(75(49-38-60(16,17)70(27)61(18,19)39-49)42-73(44(2)77)47-34-56(8,9)68(25)57(10,11)35-47)66-53(65-51)76(50-40-62(20,21)71(28)63(22,23)41-50)43-74(45(3)78)48-36-58(12,13)69(26)59(14,15)37-48/h46-50H,29-43H2,1-28H3. The van der Waals surface area contributed by atoms with Gasteiger partial charge in [0.05, 0.1) is 13.3 Å². The van der Waals surface area contributed by atoms with Crippen LogP contribution in [0, 0.1) is 0 Å². The number of unbranched alkanes of at least 4 members (excludes halogenated alkanes) is 1. The molecule has 2 amide bonds. The van der Waals surface area contributed by atoms with Gasteiger partial charge in [-0.05, 0) is 244 Å². The number of anilines is 3. The number of piperidine rings is 5. The van der Waals surface area contributed by atoms with E-state index in [9.17, 15) is 9.59 Å². The van der Waals surface area contributed by atoms with Gasteiger partial charge in [-0.25, -0.2) is 0 Å². The molecule has 15 heteroatoms. The largest absolute Gasteiger partial charge is 0.338 e. The van der Waals surface area contributed by atoms with Gasteiger partial charge in [0, 0.05) is 106 Å². The molecule has 5 saturated heterocycles. The van der Waals surface area contributed by atoms with Crippen LogP contribution in [0.25, 0.3) is 0 Å². The summed E-state index contributed by atoms with van der Waals surface area (Å²) in [6.07, 6.45) is 10.8. The minimum atomic E-state index is -0.171. The summed E-state index contributed by atoms with van der Waals surface area (Å²) >= 11 is 0. The smallest absolute Gasteiger partial charge is 0.233 e. The molecule has 0 atom stereocenters. The van der Waals surface area contributed by atoms with Crippen LogP contribution in [0.4, 0.5) is 17.8 Å². The van der Waals surface area contributed by atoms with Crippen LogP contribution < -0.4 is 14.7 Å². The van der Waals surface area contributed by atoms with E-state index >= 15 is 0 Å². The molecule has 78 heavy (non-hydrogen) atoms. The highest BCUT2D eigenvalue weighted by molar-refractivity contribution is 5.74. The normalized spacial score (nSPS) is 26.8. The van der Waals surface area contributed by atoms with E-state index in [1.165, 1.54) is 0 Å². The number of amides is 2. The van der Waals surface area contributed by atoms with Crippen molar-refractivity contribution in [2.45, 2.75) is 322 Å². The van der Waals surface area contributed by atoms with Crippen molar-refractivity contribution in [1.82, 2.24) is 49.3 Å². The van der Waals surface area contributed by atoms with E-state index in [1.54, 1.807) is 13.8 Å². The molecule has 0 aromatic carbocycles. The molecule has 6 rings (SSSR count). The maximum absolute atomic E-state index is 14.7. The molecular formula is C63H119N13O2. The highest BCUT2D eigenvalue weighted by atomic mass is 16.2. The van der Waals surface area contributed by atoms with Gasteiger partial charge in [0.1, 0.15) is 0 Å². The fraction of sp³-hybridized carbons (Fsp3) is 0.921. The molecule has 0 saturated carbocycles.